The Bertz CT molecular complexity index is 551. The van der Waals surface area contributed by atoms with Gasteiger partial charge >= 0.3 is 0 Å². The highest BCUT2D eigenvalue weighted by Gasteiger charge is 2.33. The monoisotopic (exact) mass is 386 g/mol. The van der Waals surface area contributed by atoms with E-state index in [9.17, 15) is 0 Å². The Hall–Kier alpha value is -0.820. The van der Waals surface area contributed by atoms with Gasteiger partial charge in [-0.2, -0.15) is 0 Å². The Balaban J connectivity index is 2.15. The molecule has 0 N–H and O–H groups in total. The lowest BCUT2D eigenvalue weighted by atomic mass is 9.75. The second-order valence-electron chi connectivity index (χ2n) is 10.7. The van der Waals surface area contributed by atoms with Crippen LogP contribution in [0.4, 0.5) is 0 Å². The lowest BCUT2D eigenvalue weighted by molar-refractivity contribution is -0.0853. The first-order chi connectivity index (χ1) is 13.2. The SMILES string of the molecule is CCCCCC[C@H](O[C@@H]1C[C@H](C)CC[C@H]1C(C)C)c1ccc(C(C)(C)C)cc1. The van der Waals surface area contributed by atoms with Crippen molar-refractivity contribution in [2.24, 2.45) is 17.8 Å². The summed E-state index contributed by atoms with van der Waals surface area (Å²) in [6.45, 7) is 16.3. The lowest BCUT2D eigenvalue weighted by Crippen LogP contribution is -2.35. The van der Waals surface area contributed by atoms with Crippen molar-refractivity contribution in [2.75, 3.05) is 0 Å². The summed E-state index contributed by atoms with van der Waals surface area (Å²) in [6, 6.07) is 9.31. The van der Waals surface area contributed by atoms with Gasteiger partial charge in [0.2, 0.25) is 0 Å². The zero-order valence-corrected chi connectivity index (χ0v) is 19.8. The maximum absolute atomic E-state index is 6.93. The number of rotatable bonds is 9. The van der Waals surface area contributed by atoms with Crippen LogP contribution in [0.25, 0.3) is 0 Å². The number of benzene rings is 1. The van der Waals surface area contributed by atoms with Crippen molar-refractivity contribution >= 4 is 0 Å². The first-order valence-electron chi connectivity index (χ1n) is 12.0. The van der Waals surface area contributed by atoms with Gasteiger partial charge in [-0.25, -0.2) is 0 Å². The minimum atomic E-state index is 0.206. The molecule has 0 amide bonds. The van der Waals surface area contributed by atoms with Crippen LogP contribution < -0.4 is 0 Å². The summed E-state index contributed by atoms with van der Waals surface area (Å²) in [5.74, 6) is 2.22. The lowest BCUT2D eigenvalue weighted by Gasteiger charge is -2.39. The van der Waals surface area contributed by atoms with E-state index in [4.69, 9.17) is 4.74 Å². The fourth-order valence-corrected chi connectivity index (χ4v) is 4.75. The van der Waals surface area contributed by atoms with Gasteiger partial charge in [-0.1, -0.05) is 105 Å². The molecule has 0 bridgehead atoms. The van der Waals surface area contributed by atoms with E-state index in [1.807, 2.05) is 0 Å². The van der Waals surface area contributed by atoms with Gasteiger partial charge in [0.05, 0.1) is 12.2 Å². The van der Waals surface area contributed by atoms with E-state index in [2.05, 4.69) is 72.7 Å². The Labute approximate surface area is 175 Å². The summed E-state index contributed by atoms with van der Waals surface area (Å²) in [7, 11) is 0. The summed E-state index contributed by atoms with van der Waals surface area (Å²) in [5.41, 5.74) is 3.00. The molecule has 1 fully saturated rings. The van der Waals surface area contributed by atoms with Gasteiger partial charge in [0.15, 0.2) is 0 Å². The average Bonchev–Trinajstić information content (AvgIpc) is 2.63. The molecule has 1 aliphatic rings. The molecule has 1 heteroatoms. The molecular weight excluding hydrogens is 340 g/mol. The number of hydrogen-bond donors (Lipinski definition) is 0. The maximum atomic E-state index is 6.93. The fourth-order valence-electron chi connectivity index (χ4n) is 4.75. The van der Waals surface area contributed by atoms with Gasteiger partial charge in [0, 0.05) is 0 Å². The van der Waals surface area contributed by atoms with E-state index in [-0.39, 0.29) is 11.5 Å². The zero-order chi connectivity index (χ0) is 20.7. The standard InChI is InChI=1S/C27H46O/c1-8-9-10-11-12-25(22-14-16-23(17-15-22)27(5,6)7)28-26-19-21(4)13-18-24(26)20(2)3/h14-17,20-21,24-26H,8-13,18-19H2,1-7H3/t21-,24+,25+,26-/m1/s1. The smallest absolute Gasteiger partial charge is 0.0828 e. The molecule has 2 rings (SSSR count). The Morgan fingerprint density at radius 1 is 1.00 bits per heavy atom. The molecule has 1 nitrogen and oxygen atoms in total. The van der Waals surface area contributed by atoms with Crippen LogP contribution in [0.3, 0.4) is 0 Å². The molecule has 0 aromatic heterocycles. The molecule has 0 radical (unpaired) electrons. The summed E-state index contributed by atoms with van der Waals surface area (Å²) >= 11 is 0. The summed E-state index contributed by atoms with van der Waals surface area (Å²) in [4.78, 5) is 0. The largest absolute Gasteiger partial charge is 0.370 e. The first kappa shape index (κ1) is 23.5. The maximum Gasteiger partial charge on any atom is 0.0828 e. The normalized spacial score (nSPS) is 24.5. The van der Waals surface area contributed by atoms with Crippen molar-refractivity contribution in [2.45, 2.75) is 117 Å². The predicted molar refractivity (Wildman–Crippen MR) is 123 cm³/mol. The van der Waals surface area contributed by atoms with E-state index < -0.39 is 0 Å². The highest BCUT2D eigenvalue weighted by Crippen LogP contribution is 2.39. The highest BCUT2D eigenvalue weighted by molar-refractivity contribution is 5.28. The van der Waals surface area contributed by atoms with Gasteiger partial charge in [0.1, 0.15) is 0 Å². The van der Waals surface area contributed by atoms with Crippen LogP contribution in [0.5, 0.6) is 0 Å². The van der Waals surface area contributed by atoms with E-state index >= 15 is 0 Å². The minimum absolute atomic E-state index is 0.206. The van der Waals surface area contributed by atoms with Gasteiger partial charge in [0.25, 0.3) is 0 Å². The average molecular weight is 387 g/mol. The second kappa shape index (κ2) is 10.8. The molecular formula is C27H46O. The van der Waals surface area contributed by atoms with Crippen molar-refractivity contribution in [1.82, 2.24) is 0 Å². The van der Waals surface area contributed by atoms with E-state index in [1.165, 1.54) is 56.1 Å². The molecule has 1 aromatic carbocycles. The van der Waals surface area contributed by atoms with Crippen LogP contribution in [-0.4, -0.2) is 6.10 Å². The van der Waals surface area contributed by atoms with Crippen LogP contribution >= 0.6 is 0 Å². The van der Waals surface area contributed by atoms with Crippen molar-refractivity contribution in [1.29, 1.82) is 0 Å². The van der Waals surface area contributed by atoms with Gasteiger partial charge < -0.3 is 4.74 Å². The quantitative estimate of drug-likeness (QED) is 0.387. The van der Waals surface area contributed by atoms with Gasteiger partial charge in [-0.15, -0.1) is 0 Å². The summed E-state index contributed by atoms with van der Waals surface area (Å²) in [5, 5.41) is 0. The van der Waals surface area contributed by atoms with Crippen LogP contribution in [0, 0.1) is 17.8 Å². The predicted octanol–water partition coefficient (Wildman–Crippen LogP) is 8.47. The van der Waals surface area contributed by atoms with E-state index in [1.54, 1.807) is 0 Å². The molecule has 1 aromatic rings. The third-order valence-corrected chi connectivity index (χ3v) is 6.77. The van der Waals surface area contributed by atoms with Crippen molar-refractivity contribution in [3.8, 4) is 0 Å². The Kier molecular flexibility index (Phi) is 9.06. The summed E-state index contributed by atoms with van der Waals surface area (Å²) in [6.07, 6.45) is 11.0. The van der Waals surface area contributed by atoms with Crippen LogP contribution in [0.2, 0.25) is 0 Å². The molecule has 1 aliphatic carbocycles. The molecule has 0 heterocycles. The van der Waals surface area contributed by atoms with Crippen molar-refractivity contribution in [3.05, 3.63) is 35.4 Å². The second-order valence-corrected chi connectivity index (χ2v) is 10.7. The third-order valence-electron chi connectivity index (χ3n) is 6.77. The molecule has 0 unspecified atom stereocenters. The van der Waals surface area contributed by atoms with Gasteiger partial charge in [-0.3, -0.25) is 0 Å². The van der Waals surface area contributed by atoms with Crippen LogP contribution in [0.1, 0.15) is 117 Å². The van der Waals surface area contributed by atoms with Crippen LogP contribution in [-0.2, 0) is 10.2 Å². The molecule has 4 atom stereocenters. The molecule has 28 heavy (non-hydrogen) atoms. The van der Waals surface area contributed by atoms with Crippen molar-refractivity contribution in [3.63, 3.8) is 0 Å². The summed E-state index contributed by atoms with van der Waals surface area (Å²) < 4.78 is 6.93. The fraction of sp³-hybridized carbons (Fsp3) is 0.778. The topological polar surface area (TPSA) is 9.23 Å². The first-order valence-corrected chi connectivity index (χ1v) is 12.0. The zero-order valence-electron chi connectivity index (χ0n) is 19.8. The minimum Gasteiger partial charge on any atom is -0.370 e. The number of ether oxygens (including phenoxy) is 1. The van der Waals surface area contributed by atoms with E-state index in [0.29, 0.717) is 17.9 Å². The molecule has 0 saturated heterocycles. The Morgan fingerprint density at radius 3 is 2.25 bits per heavy atom. The Morgan fingerprint density at radius 2 is 1.68 bits per heavy atom. The van der Waals surface area contributed by atoms with Gasteiger partial charge in [-0.05, 0) is 53.6 Å². The molecule has 0 aliphatic heterocycles. The molecule has 1 saturated carbocycles. The number of hydrogen-bond acceptors (Lipinski definition) is 1. The third kappa shape index (κ3) is 6.90. The van der Waals surface area contributed by atoms with E-state index in [0.717, 1.165) is 12.3 Å². The molecule has 160 valence electrons. The van der Waals surface area contributed by atoms with Crippen molar-refractivity contribution < 1.29 is 4.74 Å². The molecule has 0 spiro atoms. The van der Waals surface area contributed by atoms with Crippen LogP contribution in [0.15, 0.2) is 24.3 Å². The number of unbranched alkanes of at least 4 members (excludes halogenated alkanes) is 3. The highest BCUT2D eigenvalue weighted by atomic mass is 16.5.